The topological polar surface area (TPSA) is 32.8 Å². The summed E-state index contributed by atoms with van der Waals surface area (Å²) in [4.78, 5) is 17.3. The first kappa shape index (κ1) is 13.5. The van der Waals surface area contributed by atoms with Crippen LogP contribution < -0.4 is 0 Å². The van der Waals surface area contributed by atoms with E-state index in [1.807, 2.05) is 22.4 Å². The van der Waals surface area contributed by atoms with Crippen LogP contribution in [0.4, 0.5) is 0 Å². The first-order valence-corrected chi connectivity index (χ1v) is 7.23. The lowest BCUT2D eigenvalue weighted by atomic mass is 10.2. The lowest BCUT2D eigenvalue weighted by Crippen LogP contribution is -2.48. The molecule has 0 atom stereocenters. The first-order valence-electron chi connectivity index (χ1n) is 6.35. The van der Waals surface area contributed by atoms with Gasteiger partial charge in [0.2, 0.25) is 0 Å². The number of amides is 1. The van der Waals surface area contributed by atoms with Crippen molar-refractivity contribution in [1.29, 1.82) is 0 Å². The lowest BCUT2D eigenvalue weighted by Gasteiger charge is -2.34. The molecule has 1 aromatic rings. The Morgan fingerprint density at radius 1 is 1.39 bits per heavy atom. The van der Waals surface area contributed by atoms with Crippen molar-refractivity contribution >= 4 is 17.2 Å². The zero-order valence-electron chi connectivity index (χ0n) is 10.8. The molecule has 0 unspecified atom stereocenters. The van der Waals surface area contributed by atoms with Gasteiger partial charge in [-0.15, -0.1) is 11.3 Å². The minimum Gasteiger partial charge on any atom is -0.385 e. The van der Waals surface area contributed by atoms with Crippen LogP contribution >= 0.6 is 11.3 Å². The van der Waals surface area contributed by atoms with E-state index in [-0.39, 0.29) is 5.91 Å². The molecule has 1 aliphatic heterocycles. The second-order valence-corrected chi connectivity index (χ2v) is 5.41. The van der Waals surface area contributed by atoms with Crippen LogP contribution in [0.5, 0.6) is 0 Å². The molecule has 0 spiro atoms. The van der Waals surface area contributed by atoms with Crippen LogP contribution in [0, 0.1) is 0 Å². The average molecular weight is 268 g/mol. The second kappa shape index (κ2) is 6.87. The van der Waals surface area contributed by atoms with Gasteiger partial charge in [0.25, 0.3) is 5.91 Å². The normalized spacial score (nSPS) is 17.1. The highest BCUT2D eigenvalue weighted by atomic mass is 32.1. The Morgan fingerprint density at radius 3 is 2.78 bits per heavy atom. The Kier molecular flexibility index (Phi) is 5.16. The second-order valence-electron chi connectivity index (χ2n) is 4.46. The molecule has 2 rings (SSSR count). The van der Waals surface area contributed by atoms with Crippen LogP contribution in [0.25, 0.3) is 0 Å². The van der Waals surface area contributed by atoms with Gasteiger partial charge in [-0.25, -0.2) is 0 Å². The van der Waals surface area contributed by atoms with Crippen molar-refractivity contribution in [3.8, 4) is 0 Å². The van der Waals surface area contributed by atoms with Crippen LogP contribution in [0.15, 0.2) is 17.5 Å². The fourth-order valence-corrected chi connectivity index (χ4v) is 2.85. The third-order valence-electron chi connectivity index (χ3n) is 3.21. The van der Waals surface area contributed by atoms with Crippen LogP contribution in [0.1, 0.15) is 16.1 Å². The van der Waals surface area contributed by atoms with Crippen molar-refractivity contribution in [1.82, 2.24) is 9.80 Å². The highest BCUT2D eigenvalue weighted by Crippen LogP contribution is 2.13. The summed E-state index contributed by atoms with van der Waals surface area (Å²) in [5, 5.41) is 1.95. The molecule has 5 heteroatoms. The third-order valence-corrected chi connectivity index (χ3v) is 4.07. The molecular weight excluding hydrogens is 248 g/mol. The number of carbonyl (C=O) groups is 1. The summed E-state index contributed by atoms with van der Waals surface area (Å²) in [6, 6.07) is 3.83. The van der Waals surface area contributed by atoms with Gasteiger partial charge in [-0.1, -0.05) is 6.07 Å². The molecule has 0 N–H and O–H groups in total. The Balaban J connectivity index is 1.75. The zero-order chi connectivity index (χ0) is 12.8. The number of thiophene rings is 1. The molecule has 4 nitrogen and oxygen atoms in total. The van der Waals surface area contributed by atoms with E-state index < -0.39 is 0 Å². The van der Waals surface area contributed by atoms with Gasteiger partial charge in [-0.2, -0.15) is 0 Å². The van der Waals surface area contributed by atoms with Gasteiger partial charge in [0, 0.05) is 46.4 Å². The summed E-state index contributed by atoms with van der Waals surface area (Å²) in [5.41, 5.74) is 0. The third kappa shape index (κ3) is 3.54. The number of carbonyl (C=O) groups excluding carboxylic acids is 1. The molecule has 2 heterocycles. The summed E-state index contributed by atoms with van der Waals surface area (Å²) < 4.78 is 5.05. The molecule has 1 saturated heterocycles. The summed E-state index contributed by atoms with van der Waals surface area (Å²) in [6.45, 7) is 5.50. The molecule has 100 valence electrons. The van der Waals surface area contributed by atoms with E-state index in [0.29, 0.717) is 0 Å². The molecule has 0 radical (unpaired) electrons. The average Bonchev–Trinajstić information content (AvgIpc) is 2.93. The number of hydrogen-bond donors (Lipinski definition) is 0. The molecule has 1 aromatic heterocycles. The van der Waals surface area contributed by atoms with Crippen molar-refractivity contribution in [3.05, 3.63) is 22.4 Å². The van der Waals surface area contributed by atoms with Gasteiger partial charge in [0.15, 0.2) is 0 Å². The van der Waals surface area contributed by atoms with E-state index in [2.05, 4.69) is 4.90 Å². The van der Waals surface area contributed by atoms with Crippen molar-refractivity contribution in [2.75, 3.05) is 46.4 Å². The number of nitrogens with zero attached hydrogens (tertiary/aromatic N) is 2. The fourth-order valence-electron chi connectivity index (χ4n) is 2.16. The van der Waals surface area contributed by atoms with E-state index in [4.69, 9.17) is 4.74 Å². The van der Waals surface area contributed by atoms with Gasteiger partial charge >= 0.3 is 0 Å². The predicted octanol–water partition coefficient (Wildman–Crippen LogP) is 1.54. The minimum absolute atomic E-state index is 0.182. The maximum Gasteiger partial charge on any atom is 0.264 e. The maximum absolute atomic E-state index is 12.1. The van der Waals surface area contributed by atoms with Crippen LogP contribution in [0.2, 0.25) is 0 Å². The van der Waals surface area contributed by atoms with Gasteiger partial charge in [-0.3, -0.25) is 9.69 Å². The summed E-state index contributed by atoms with van der Waals surface area (Å²) in [5.74, 6) is 0.182. The molecule has 0 aliphatic carbocycles. The van der Waals surface area contributed by atoms with Gasteiger partial charge in [0.05, 0.1) is 4.88 Å². The largest absolute Gasteiger partial charge is 0.385 e. The van der Waals surface area contributed by atoms with Crippen molar-refractivity contribution in [2.24, 2.45) is 0 Å². The quantitative estimate of drug-likeness (QED) is 0.760. The Hall–Kier alpha value is -0.910. The molecule has 1 fully saturated rings. The van der Waals surface area contributed by atoms with E-state index in [1.54, 1.807) is 7.11 Å². The molecule has 0 bridgehead atoms. The Labute approximate surface area is 112 Å². The summed E-state index contributed by atoms with van der Waals surface area (Å²) >= 11 is 1.52. The smallest absolute Gasteiger partial charge is 0.264 e. The van der Waals surface area contributed by atoms with Crippen molar-refractivity contribution < 1.29 is 9.53 Å². The van der Waals surface area contributed by atoms with Crippen molar-refractivity contribution in [2.45, 2.75) is 6.42 Å². The highest BCUT2D eigenvalue weighted by Gasteiger charge is 2.22. The molecule has 0 saturated carbocycles. The van der Waals surface area contributed by atoms with E-state index in [0.717, 1.165) is 50.6 Å². The summed E-state index contributed by atoms with van der Waals surface area (Å²) in [6.07, 6.45) is 1.06. The van der Waals surface area contributed by atoms with E-state index in [9.17, 15) is 4.79 Å². The van der Waals surface area contributed by atoms with Gasteiger partial charge < -0.3 is 9.64 Å². The standard InChI is InChI=1S/C13H20N2O2S/c1-17-10-3-5-14-6-8-15(9-7-14)13(16)12-4-2-11-18-12/h2,4,11H,3,5-10H2,1H3. The number of rotatable bonds is 5. The van der Waals surface area contributed by atoms with Gasteiger partial charge in [-0.05, 0) is 17.9 Å². The molecule has 1 aliphatic rings. The van der Waals surface area contributed by atoms with Crippen LogP contribution in [0.3, 0.4) is 0 Å². The molecular formula is C13H20N2O2S. The minimum atomic E-state index is 0.182. The van der Waals surface area contributed by atoms with Crippen molar-refractivity contribution in [3.63, 3.8) is 0 Å². The maximum atomic E-state index is 12.1. The monoisotopic (exact) mass is 268 g/mol. The Bertz CT molecular complexity index is 359. The number of methoxy groups -OCH3 is 1. The van der Waals surface area contributed by atoms with E-state index >= 15 is 0 Å². The summed E-state index contributed by atoms with van der Waals surface area (Å²) in [7, 11) is 1.73. The first-order chi connectivity index (χ1) is 8.81. The fraction of sp³-hybridized carbons (Fsp3) is 0.615. The molecule has 0 aromatic carbocycles. The molecule has 1 amide bonds. The van der Waals surface area contributed by atoms with Gasteiger partial charge in [0.1, 0.15) is 0 Å². The predicted molar refractivity (Wildman–Crippen MR) is 73.2 cm³/mol. The highest BCUT2D eigenvalue weighted by molar-refractivity contribution is 7.12. The molecule has 18 heavy (non-hydrogen) atoms. The Morgan fingerprint density at radius 2 is 2.17 bits per heavy atom. The van der Waals surface area contributed by atoms with Crippen LogP contribution in [-0.4, -0.2) is 62.1 Å². The number of ether oxygens (including phenoxy) is 1. The van der Waals surface area contributed by atoms with E-state index in [1.165, 1.54) is 11.3 Å². The number of piperazine rings is 1. The van der Waals surface area contributed by atoms with Crippen LogP contribution in [-0.2, 0) is 4.74 Å². The zero-order valence-corrected chi connectivity index (χ0v) is 11.6. The SMILES string of the molecule is COCCCN1CCN(C(=O)c2cccs2)CC1. The lowest BCUT2D eigenvalue weighted by molar-refractivity contribution is 0.0629. The number of hydrogen-bond acceptors (Lipinski definition) is 4.